The van der Waals surface area contributed by atoms with Gasteiger partial charge in [0.1, 0.15) is 6.61 Å². The van der Waals surface area contributed by atoms with Crippen LogP contribution in [0.4, 0.5) is 0 Å². The molecule has 0 aromatic heterocycles. The molecule has 0 amide bonds. The minimum absolute atomic E-state index is 0.0557. The first kappa shape index (κ1) is 55.8. The van der Waals surface area contributed by atoms with Gasteiger partial charge in [0.2, 0.25) is 0 Å². The van der Waals surface area contributed by atoms with E-state index in [4.69, 9.17) is 24.3 Å². The van der Waals surface area contributed by atoms with Gasteiger partial charge in [-0.25, -0.2) is 4.57 Å². The fraction of sp³-hybridized carbons (Fsp3) is 0.915. The molecular formula is C47H92NO8P. The van der Waals surface area contributed by atoms with Gasteiger partial charge in [-0.05, 0) is 38.5 Å². The predicted molar refractivity (Wildman–Crippen MR) is 238 cm³/mol. The number of allylic oxidation sites excluding steroid dienone is 2. The van der Waals surface area contributed by atoms with Crippen LogP contribution in [0.25, 0.3) is 0 Å². The second-order valence-electron chi connectivity index (χ2n) is 16.3. The maximum Gasteiger partial charge on any atom is 0.472 e. The number of phosphoric ester groups is 1. The number of esters is 2. The Hall–Kier alpha value is -1.25. The number of carbonyl (C=O) groups is 2. The van der Waals surface area contributed by atoms with Gasteiger partial charge < -0.3 is 20.1 Å². The second-order valence-corrected chi connectivity index (χ2v) is 17.8. The quantitative estimate of drug-likeness (QED) is 0.0266. The normalized spacial score (nSPS) is 13.3. The Bertz CT molecular complexity index is 948. The van der Waals surface area contributed by atoms with E-state index in [0.29, 0.717) is 6.42 Å². The summed E-state index contributed by atoms with van der Waals surface area (Å²) in [6.45, 7) is 3.77. The molecule has 0 rings (SSSR count). The molecule has 9 nitrogen and oxygen atoms in total. The van der Waals surface area contributed by atoms with Gasteiger partial charge in [0.05, 0.1) is 13.2 Å². The molecule has 10 heteroatoms. The molecule has 0 saturated heterocycles. The Balaban J connectivity index is 4.05. The molecule has 0 aromatic carbocycles. The highest BCUT2D eigenvalue weighted by Gasteiger charge is 2.26. The fourth-order valence-corrected chi connectivity index (χ4v) is 7.81. The molecule has 0 bridgehead atoms. The van der Waals surface area contributed by atoms with Gasteiger partial charge in [-0.2, -0.15) is 0 Å². The molecule has 57 heavy (non-hydrogen) atoms. The zero-order chi connectivity index (χ0) is 41.8. The average Bonchev–Trinajstić information content (AvgIpc) is 3.20. The van der Waals surface area contributed by atoms with E-state index in [0.717, 1.165) is 44.9 Å². The largest absolute Gasteiger partial charge is 0.472 e. The minimum atomic E-state index is -4.38. The van der Waals surface area contributed by atoms with Crippen molar-refractivity contribution in [3.8, 4) is 0 Å². The van der Waals surface area contributed by atoms with Crippen LogP contribution in [0, 0.1) is 0 Å². The Morgan fingerprint density at radius 2 is 0.860 bits per heavy atom. The van der Waals surface area contributed by atoms with Gasteiger partial charge in [-0.15, -0.1) is 0 Å². The lowest BCUT2D eigenvalue weighted by Crippen LogP contribution is -2.29. The highest BCUT2D eigenvalue weighted by Crippen LogP contribution is 2.43. The summed E-state index contributed by atoms with van der Waals surface area (Å²) >= 11 is 0. The van der Waals surface area contributed by atoms with Gasteiger partial charge in [-0.3, -0.25) is 18.6 Å². The van der Waals surface area contributed by atoms with Crippen molar-refractivity contribution in [2.75, 3.05) is 26.4 Å². The van der Waals surface area contributed by atoms with E-state index in [-0.39, 0.29) is 38.6 Å². The van der Waals surface area contributed by atoms with Crippen LogP contribution >= 0.6 is 7.82 Å². The molecule has 338 valence electrons. The predicted octanol–water partition coefficient (Wildman–Crippen LogP) is 14.2. The first-order valence-electron chi connectivity index (χ1n) is 24.2. The van der Waals surface area contributed by atoms with Gasteiger partial charge in [0.25, 0.3) is 0 Å². The van der Waals surface area contributed by atoms with Crippen LogP contribution in [0.2, 0.25) is 0 Å². The summed E-state index contributed by atoms with van der Waals surface area (Å²) in [4.78, 5) is 35.0. The van der Waals surface area contributed by atoms with Crippen LogP contribution in [0.5, 0.6) is 0 Å². The SMILES string of the molecule is CCCCCCCCC=CCCCCCCCCCC(=O)OC(COC(=O)CCCCCCCCCCCCCCCCCCCCC)COP(=O)(O)OCCN. The Morgan fingerprint density at radius 3 is 1.25 bits per heavy atom. The molecule has 0 saturated carbocycles. The van der Waals surface area contributed by atoms with Crippen molar-refractivity contribution in [2.45, 2.75) is 251 Å². The van der Waals surface area contributed by atoms with Crippen molar-refractivity contribution in [1.29, 1.82) is 0 Å². The number of phosphoric acid groups is 1. The van der Waals surface area contributed by atoms with E-state index >= 15 is 0 Å². The maximum absolute atomic E-state index is 12.6. The van der Waals surface area contributed by atoms with Gasteiger partial charge in [0.15, 0.2) is 6.10 Å². The molecule has 3 N–H and O–H groups in total. The monoisotopic (exact) mass is 830 g/mol. The number of unbranched alkanes of at least 4 members (excludes halogenated alkanes) is 31. The minimum Gasteiger partial charge on any atom is -0.462 e. The molecule has 0 spiro atoms. The molecule has 0 fully saturated rings. The topological polar surface area (TPSA) is 134 Å². The zero-order valence-corrected chi connectivity index (χ0v) is 38.2. The van der Waals surface area contributed by atoms with E-state index in [9.17, 15) is 19.0 Å². The second kappa shape index (κ2) is 44.3. The average molecular weight is 830 g/mol. The van der Waals surface area contributed by atoms with Crippen molar-refractivity contribution < 1.29 is 37.6 Å². The summed E-state index contributed by atoms with van der Waals surface area (Å²) in [5.41, 5.74) is 5.36. The lowest BCUT2D eigenvalue weighted by Gasteiger charge is -2.19. The zero-order valence-electron chi connectivity index (χ0n) is 37.3. The maximum atomic E-state index is 12.6. The van der Waals surface area contributed by atoms with Crippen LogP contribution in [0.3, 0.4) is 0 Å². The molecule has 0 aliphatic rings. The number of hydrogen-bond acceptors (Lipinski definition) is 8. The van der Waals surface area contributed by atoms with Crippen LogP contribution in [0.15, 0.2) is 12.2 Å². The smallest absolute Gasteiger partial charge is 0.462 e. The Kier molecular flexibility index (Phi) is 43.3. The molecular weight excluding hydrogens is 737 g/mol. The summed E-state index contributed by atoms with van der Waals surface area (Å²) < 4.78 is 32.9. The number of nitrogens with two attached hydrogens (primary N) is 1. The summed E-state index contributed by atoms with van der Waals surface area (Å²) in [7, 11) is -4.38. The third-order valence-electron chi connectivity index (χ3n) is 10.7. The molecule has 2 atom stereocenters. The van der Waals surface area contributed by atoms with Gasteiger partial charge >= 0.3 is 19.8 Å². The molecule has 0 heterocycles. The number of ether oxygens (including phenoxy) is 2. The van der Waals surface area contributed by atoms with E-state index in [2.05, 4.69) is 26.0 Å². The summed E-state index contributed by atoms with van der Waals surface area (Å²) in [6, 6.07) is 0. The van der Waals surface area contributed by atoms with Crippen LogP contribution in [-0.4, -0.2) is 49.3 Å². The van der Waals surface area contributed by atoms with E-state index in [1.165, 1.54) is 167 Å². The lowest BCUT2D eigenvalue weighted by atomic mass is 10.0. The molecule has 2 unspecified atom stereocenters. The van der Waals surface area contributed by atoms with E-state index in [1.54, 1.807) is 0 Å². The lowest BCUT2D eigenvalue weighted by molar-refractivity contribution is -0.161. The van der Waals surface area contributed by atoms with Crippen molar-refractivity contribution >= 4 is 19.8 Å². The molecule has 0 radical (unpaired) electrons. The Morgan fingerprint density at radius 1 is 0.509 bits per heavy atom. The van der Waals surface area contributed by atoms with Crippen molar-refractivity contribution in [2.24, 2.45) is 5.73 Å². The van der Waals surface area contributed by atoms with Crippen LogP contribution in [-0.2, 0) is 32.7 Å². The van der Waals surface area contributed by atoms with Crippen LogP contribution < -0.4 is 5.73 Å². The molecule has 0 aromatic rings. The molecule has 0 aliphatic heterocycles. The summed E-state index contributed by atoms with van der Waals surface area (Å²) in [6.07, 6.45) is 46.7. The van der Waals surface area contributed by atoms with Crippen molar-refractivity contribution in [3.05, 3.63) is 12.2 Å². The summed E-state index contributed by atoms with van der Waals surface area (Å²) in [5.74, 6) is -0.819. The first-order valence-corrected chi connectivity index (χ1v) is 25.7. The van der Waals surface area contributed by atoms with Gasteiger partial charge in [0, 0.05) is 19.4 Å². The van der Waals surface area contributed by atoms with Gasteiger partial charge in [-0.1, -0.05) is 206 Å². The van der Waals surface area contributed by atoms with Crippen molar-refractivity contribution in [1.82, 2.24) is 0 Å². The van der Waals surface area contributed by atoms with E-state index < -0.39 is 26.5 Å². The third-order valence-corrected chi connectivity index (χ3v) is 11.6. The number of carbonyl (C=O) groups excluding carboxylic acids is 2. The molecule has 0 aliphatic carbocycles. The highest BCUT2D eigenvalue weighted by molar-refractivity contribution is 7.47. The van der Waals surface area contributed by atoms with E-state index in [1.807, 2.05) is 0 Å². The number of hydrogen-bond donors (Lipinski definition) is 2. The standard InChI is InChI=1S/C47H92NO8P/c1-3-5-7-9-11-13-15-17-19-21-22-24-25-27-29-31-33-35-37-39-46(49)53-43-45(44-55-57(51,52)54-42-41-48)56-47(50)40-38-36-34-32-30-28-26-23-20-18-16-14-12-10-8-6-4-2/h18,20,45H,3-17,19,21-44,48H2,1-2H3,(H,51,52). The van der Waals surface area contributed by atoms with Crippen LogP contribution in [0.1, 0.15) is 245 Å². The first-order chi connectivity index (χ1) is 27.8. The number of rotatable bonds is 46. The third kappa shape index (κ3) is 44.1. The fourth-order valence-electron chi connectivity index (χ4n) is 7.04. The Labute approximate surface area is 351 Å². The van der Waals surface area contributed by atoms with Crippen molar-refractivity contribution in [3.63, 3.8) is 0 Å². The summed E-state index contributed by atoms with van der Waals surface area (Å²) in [5, 5.41) is 0. The highest BCUT2D eigenvalue weighted by atomic mass is 31.2.